The molecule has 1 aliphatic rings. The summed E-state index contributed by atoms with van der Waals surface area (Å²) in [5.41, 5.74) is 1.58. The Hall–Kier alpha value is -1.91. The molecule has 144 valence electrons. The van der Waals surface area contributed by atoms with Crippen LogP contribution in [0.5, 0.6) is 11.5 Å². The summed E-state index contributed by atoms with van der Waals surface area (Å²) in [6, 6.07) is 11.0. The molecule has 1 N–H and O–H groups in total. The normalized spacial score (nSPS) is 17.6. The minimum absolute atomic E-state index is 0.00876. The van der Waals surface area contributed by atoms with Gasteiger partial charge >= 0.3 is 0 Å². The molecule has 6 heteroatoms. The van der Waals surface area contributed by atoms with Crippen LogP contribution in [0.4, 0.5) is 0 Å². The van der Waals surface area contributed by atoms with Crippen LogP contribution < -0.4 is 14.8 Å². The molecule has 0 aromatic heterocycles. The van der Waals surface area contributed by atoms with E-state index in [1.54, 1.807) is 19.2 Å². The highest BCUT2D eigenvalue weighted by Gasteiger charge is 2.34. The molecule has 0 aliphatic carbocycles. The lowest BCUT2D eigenvalue weighted by Gasteiger charge is -2.38. The van der Waals surface area contributed by atoms with Gasteiger partial charge in [-0.2, -0.15) is 0 Å². The van der Waals surface area contributed by atoms with E-state index in [1.807, 2.05) is 38.1 Å². The first-order valence-electron chi connectivity index (χ1n) is 8.88. The van der Waals surface area contributed by atoms with Gasteiger partial charge in [0.1, 0.15) is 17.1 Å². The number of carbonyl (C=O) groups excluding carboxylic acids is 1. The predicted molar refractivity (Wildman–Crippen MR) is 108 cm³/mol. The third kappa shape index (κ3) is 4.88. The van der Waals surface area contributed by atoms with Gasteiger partial charge in [-0.15, -0.1) is 0 Å². The van der Waals surface area contributed by atoms with Crippen molar-refractivity contribution in [1.82, 2.24) is 5.32 Å². The molecule has 0 saturated carbocycles. The molecular formula is C21H23Cl2NO3. The Balaban J connectivity index is 1.69. The number of halogens is 2. The van der Waals surface area contributed by atoms with Gasteiger partial charge in [-0.3, -0.25) is 4.79 Å². The summed E-state index contributed by atoms with van der Waals surface area (Å²) in [6.45, 7) is 4.04. The van der Waals surface area contributed by atoms with Crippen LogP contribution in [-0.2, 0) is 11.2 Å². The van der Waals surface area contributed by atoms with Crippen LogP contribution in [-0.4, -0.2) is 18.6 Å². The van der Waals surface area contributed by atoms with Gasteiger partial charge in [0.25, 0.3) is 0 Å². The highest BCUT2D eigenvalue weighted by molar-refractivity contribution is 6.42. The Labute approximate surface area is 169 Å². The summed E-state index contributed by atoms with van der Waals surface area (Å²) in [5.74, 6) is 1.47. The van der Waals surface area contributed by atoms with E-state index in [4.69, 9.17) is 32.7 Å². The maximum absolute atomic E-state index is 12.5. The Kier molecular flexibility index (Phi) is 5.87. The molecule has 3 rings (SSSR count). The topological polar surface area (TPSA) is 47.6 Å². The number of fused-ring (bicyclic) bond motifs is 1. The zero-order chi connectivity index (χ0) is 19.6. The van der Waals surface area contributed by atoms with Crippen LogP contribution in [0.1, 0.15) is 43.9 Å². The number of aryl methyl sites for hydroxylation is 1. The summed E-state index contributed by atoms with van der Waals surface area (Å²) in [5, 5.41) is 4.16. The van der Waals surface area contributed by atoms with Crippen LogP contribution in [0.15, 0.2) is 36.4 Å². The molecule has 4 nitrogen and oxygen atoms in total. The maximum atomic E-state index is 12.5. The van der Waals surface area contributed by atoms with Crippen LogP contribution in [0.3, 0.4) is 0 Å². The number of nitrogens with one attached hydrogen (secondary N) is 1. The smallest absolute Gasteiger partial charge is 0.220 e. The number of ether oxygens (including phenoxy) is 2. The largest absolute Gasteiger partial charge is 0.497 e. The Morgan fingerprint density at radius 2 is 2.00 bits per heavy atom. The van der Waals surface area contributed by atoms with E-state index in [0.29, 0.717) is 29.3 Å². The number of amides is 1. The van der Waals surface area contributed by atoms with E-state index in [0.717, 1.165) is 22.6 Å². The Morgan fingerprint density at radius 3 is 2.70 bits per heavy atom. The molecule has 1 amide bonds. The zero-order valence-corrected chi connectivity index (χ0v) is 17.2. The van der Waals surface area contributed by atoms with E-state index in [-0.39, 0.29) is 17.6 Å². The minimum Gasteiger partial charge on any atom is -0.497 e. The van der Waals surface area contributed by atoms with Crippen LogP contribution in [0.2, 0.25) is 10.0 Å². The fourth-order valence-corrected chi connectivity index (χ4v) is 3.63. The molecule has 27 heavy (non-hydrogen) atoms. The molecule has 0 bridgehead atoms. The van der Waals surface area contributed by atoms with Crippen molar-refractivity contribution in [2.45, 2.75) is 44.8 Å². The van der Waals surface area contributed by atoms with Gasteiger partial charge in [-0.1, -0.05) is 29.3 Å². The first kappa shape index (κ1) is 19.8. The number of benzene rings is 2. The van der Waals surface area contributed by atoms with E-state index >= 15 is 0 Å². The molecule has 2 aromatic rings. The maximum Gasteiger partial charge on any atom is 0.220 e. The molecule has 0 unspecified atom stereocenters. The standard InChI is InChI=1S/C21H23Cl2NO3/c1-21(2)12-18(15-7-6-14(26-3)11-19(15)27-21)24-20(25)9-5-13-4-8-16(22)17(23)10-13/h4,6-8,10-11,18H,5,9,12H2,1-3H3,(H,24,25)/t18-/m0/s1. The second kappa shape index (κ2) is 7.99. The van der Waals surface area contributed by atoms with E-state index in [9.17, 15) is 4.79 Å². The van der Waals surface area contributed by atoms with E-state index in [1.165, 1.54) is 0 Å². The lowest BCUT2D eigenvalue weighted by molar-refractivity contribution is -0.122. The minimum atomic E-state index is -0.374. The molecule has 0 fully saturated rings. The van der Waals surface area contributed by atoms with Gasteiger partial charge in [-0.05, 0) is 50.1 Å². The lowest BCUT2D eigenvalue weighted by Crippen LogP contribution is -2.41. The van der Waals surface area contributed by atoms with Crippen molar-refractivity contribution in [2.24, 2.45) is 0 Å². The zero-order valence-electron chi connectivity index (χ0n) is 15.6. The number of hydrogen-bond donors (Lipinski definition) is 1. The fourth-order valence-electron chi connectivity index (χ4n) is 3.31. The van der Waals surface area contributed by atoms with Gasteiger partial charge < -0.3 is 14.8 Å². The second-order valence-electron chi connectivity index (χ2n) is 7.34. The van der Waals surface area contributed by atoms with Gasteiger partial charge in [-0.25, -0.2) is 0 Å². The van der Waals surface area contributed by atoms with Crippen molar-refractivity contribution in [3.05, 3.63) is 57.6 Å². The first-order valence-corrected chi connectivity index (χ1v) is 9.63. The van der Waals surface area contributed by atoms with Crippen molar-refractivity contribution in [3.8, 4) is 11.5 Å². The van der Waals surface area contributed by atoms with Crippen molar-refractivity contribution >= 4 is 29.1 Å². The van der Waals surface area contributed by atoms with Crippen LogP contribution >= 0.6 is 23.2 Å². The highest BCUT2D eigenvalue weighted by atomic mass is 35.5. The lowest BCUT2D eigenvalue weighted by atomic mass is 9.89. The third-order valence-electron chi connectivity index (χ3n) is 4.64. The van der Waals surface area contributed by atoms with Gasteiger partial charge in [0.05, 0.1) is 23.2 Å². The fraction of sp³-hybridized carbons (Fsp3) is 0.381. The van der Waals surface area contributed by atoms with Crippen LogP contribution in [0, 0.1) is 0 Å². The SMILES string of the molecule is COc1ccc2c(c1)OC(C)(C)C[C@@H]2NC(=O)CCc1ccc(Cl)c(Cl)c1. The number of methoxy groups -OCH3 is 1. The summed E-state index contributed by atoms with van der Waals surface area (Å²) < 4.78 is 11.4. The Morgan fingerprint density at radius 1 is 1.22 bits per heavy atom. The van der Waals surface area contributed by atoms with Crippen molar-refractivity contribution in [1.29, 1.82) is 0 Å². The van der Waals surface area contributed by atoms with Gasteiger partial charge in [0, 0.05) is 24.5 Å². The highest BCUT2D eigenvalue weighted by Crippen LogP contribution is 2.41. The summed E-state index contributed by atoms with van der Waals surface area (Å²) in [4.78, 5) is 12.5. The Bertz CT molecular complexity index is 851. The summed E-state index contributed by atoms with van der Waals surface area (Å²) >= 11 is 12.0. The van der Waals surface area contributed by atoms with Gasteiger partial charge in [0.15, 0.2) is 0 Å². The number of hydrogen-bond acceptors (Lipinski definition) is 3. The molecule has 1 atom stereocenters. The monoisotopic (exact) mass is 407 g/mol. The third-order valence-corrected chi connectivity index (χ3v) is 5.38. The average Bonchev–Trinajstić information content (AvgIpc) is 2.61. The van der Waals surface area contributed by atoms with E-state index < -0.39 is 0 Å². The average molecular weight is 408 g/mol. The quantitative estimate of drug-likeness (QED) is 0.725. The van der Waals surface area contributed by atoms with E-state index in [2.05, 4.69) is 5.32 Å². The molecule has 1 heterocycles. The van der Waals surface area contributed by atoms with Crippen molar-refractivity contribution < 1.29 is 14.3 Å². The molecule has 0 saturated heterocycles. The summed E-state index contributed by atoms with van der Waals surface area (Å²) in [6.07, 6.45) is 1.68. The molecule has 0 spiro atoms. The van der Waals surface area contributed by atoms with Gasteiger partial charge in [0.2, 0.25) is 5.91 Å². The first-order chi connectivity index (χ1) is 12.8. The molecule has 2 aromatic carbocycles. The predicted octanol–water partition coefficient (Wildman–Crippen LogP) is 5.35. The van der Waals surface area contributed by atoms with Crippen LogP contribution in [0.25, 0.3) is 0 Å². The number of rotatable bonds is 5. The summed E-state index contributed by atoms with van der Waals surface area (Å²) in [7, 11) is 1.62. The molecule has 1 aliphatic heterocycles. The van der Waals surface area contributed by atoms with Crippen molar-refractivity contribution in [3.63, 3.8) is 0 Å². The molecule has 0 radical (unpaired) electrons. The van der Waals surface area contributed by atoms with Crippen molar-refractivity contribution in [2.75, 3.05) is 7.11 Å². The molecular weight excluding hydrogens is 385 g/mol. The number of carbonyl (C=O) groups is 1. The second-order valence-corrected chi connectivity index (χ2v) is 8.15.